The van der Waals surface area contributed by atoms with Gasteiger partial charge in [-0.05, 0) is 36.6 Å². The molecule has 0 radical (unpaired) electrons. The molecule has 2 aliphatic rings. The minimum absolute atomic E-state index is 1.00. The largest absolute Gasteiger partial charge is 0.372 e. The van der Waals surface area contributed by atoms with Crippen LogP contribution in [0, 0.1) is 0 Å². The Balaban J connectivity index is 1.42. The van der Waals surface area contributed by atoms with E-state index >= 15 is 0 Å². The average Bonchev–Trinajstić information content (AvgIpc) is 3.18. The number of nitrogens with one attached hydrogen (secondary N) is 1. The third kappa shape index (κ3) is 3.60. The lowest BCUT2D eigenvalue weighted by Crippen LogP contribution is -2.42. The summed E-state index contributed by atoms with van der Waals surface area (Å²) in [6.07, 6.45) is 4.67. The molecule has 0 spiro atoms. The van der Waals surface area contributed by atoms with Gasteiger partial charge < -0.3 is 10.2 Å². The van der Waals surface area contributed by atoms with Crippen molar-refractivity contribution < 1.29 is 0 Å². The van der Waals surface area contributed by atoms with E-state index in [-0.39, 0.29) is 0 Å². The fourth-order valence-corrected chi connectivity index (χ4v) is 3.63. The summed E-state index contributed by atoms with van der Waals surface area (Å²) in [6, 6.07) is 13.2. The third-order valence-electron chi connectivity index (χ3n) is 5.07. The minimum atomic E-state index is 1.00. The number of rotatable bonds is 4. The summed E-state index contributed by atoms with van der Waals surface area (Å²) in [5.74, 6) is 0. The summed E-state index contributed by atoms with van der Waals surface area (Å²) >= 11 is 0. The maximum atomic E-state index is 4.69. The SMILES string of the molecule is c1cc(-c2ccc(N3CCCC3)cc2)ncc1CN1CCNCC1. The fourth-order valence-electron chi connectivity index (χ4n) is 3.63. The van der Waals surface area contributed by atoms with Crippen LogP contribution in [0.4, 0.5) is 5.69 Å². The molecule has 126 valence electrons. The van der Waals surface area contributed by atoms with Crippen molar-refractivity contribution in [3.05, 3.63) is 48.2 Å². The van der Waals surface area contributed by atoms with E-state index in [1.165, 1.54) is 42.7 Å². The molecule has 2 aromatic rings. The van der Waals surface area contributed by atoms with Gasteiger partial charge in [-0.1, -0.05) is 18.2 Å². The summed E-state index contributed by atoms with van der Waals surface area (Å²) in [7, 11) is 0. The molecule has 0 saturated carbocycles. The number of anilines is 1. The molecule has 0 bridgehead atoms. The molecule has 4 nitrogen and oxygen atoms in total. The molecule has 2 fully saturated rings. The zero-order valence-electron chi connectivity index (χ0n) is 14.2. The van der Waals surface area contributed by atoms with Gasteiger partial charge in [0, 0.05) is 63.3 Å². The molecule has 4 heteroatoms. The first-order valence-corrected chi connectivity index (χ1v) is 9.12. The molecular weight excluding hydrogens is 296 g/mol. The van der Waals surface area contributed by atoms with Crippen LogP contribution in [-0.4, -0.2) is 49.2 Å². The minimum Gasteiger partial charge on any atom is -0.372 e. The number of hydrogen-bond donors (Lipinski definition) is 1. The van der Waals surface area contributed by atoms with Crippen molar-refractivity contribution in [2.45, 2.75) is 19.4 Å². The maximum Gasteiger partial charge on any atom is 0.0702 e. The number of benzene rings is 1. The summed E-state index contributed by atoms with van der Waals surface area (Å²) in [5.41, 5.74) is 4.90. The van der Waals surface area contributed by atoms with Crippen LogP contribution in [0.15, 0.2) is 42.6 Å². The Hall–Kier alpha value is -1.91. The van der Waals surface area contributed by atoms with Gasteiger partial charge in [0.2, 0.25) is 0 Å². The summed E-state index contributed by atoms with van der Waals surface area (Å²) in [5, 5.41) is 3.40. The maximum absolute atomic E-state index is 4.69. The van der Waals surface area contributed by atoms with E-state index in [4.69, 9.17) is 0 Å². The van der Waals surface area contributed by atoms with E-state index in [9.17, 15) is 0 Å². The highest BCUT2D eigenvalue weighted by molar-refractivity contribution is 5.63. The van der Waals surface area contributed by atoms with Crippen molar-refractivity contribution in [1.82, 2.24) is 15.2 Å². The molecule has 1 N–H and O–H groups in total. The van der Waals surface area contributed by atoms with Crippen LogP contribution in [0.25, 0.3) is 11.3 Å². The lowest BCUT2D eigenvalue weighted by Gasteiger charge is -2.27. The molecular formula is C20H26N4. The summed E-state index contributed by atoms with van der Waals surface area (Å²) in [6.45, 7) is 7.82. The molecule has 24 heavy (non-hydrogen) atoms. The molecule has 2 saturated heterocycles. The van der Waals surface area contributed by atoms with Crippen molar-refractivity contribution in [2.75, 3.05) is 44.2 Å². The number of aromatic nitrogens is 1. The Morgan fingerprint density at radius 2 is 1.62 bits per heavy atom. The van der Waals surface area contributed by atoms with Gasteiger partial charge in [-0.15, -0.1) is 0 Å². The Labute approximate surface area is 144 Å². The van der Waals surface area contributed by atoms with Crippen molar-refractivity contribution in [1.29, 1.82) is 0 Å². The lowest BCUT2D eigenvalue weighted by molar-refractivity contribution is 0.233. The van der Waals surface area contributed by atoms with Crippen LogP contribution in [0.1, 0.15) is 18.4 Å². The average molecular weight is 322 g/mol. The van der Waals surface area contributed by atoms with E-state index in [1.54, 1.807) is 0 Å². The molecule has 0 aliphatic carbocycles. The zero-order chi connectivity index (χ0) is 16.2. The van der Waals surface area contributed by atoms with E-state index in [2.05, 4.69) is 56.5 Å². The molecule has 1 aromatic heterocycles. The van der Waals surface area contributed by atoms with Crippen LogP contribution in [0.3, 0.4) is 0 Å². The Bertz CT molecular complexity index is 638. The number of nitrogens with zero attached hydrogens (tertiary/aromatic N) is 3. The van der Waals surface area contributed by atoms with Crippen molar-refractivity contribution in [3.8, 4) is 11.3 Å². The third-order valence-corrected chi connectivity index (χ3v) is 5.07. The van der Waals surface area contributed by atoms with Crippen molar-refractivity contribution >= 4 is 5.69 Å². The molecule has 0 amide bonds. The second-order valence-corrected chi connectivity index (χ2v) is 6.82. The number of pyridine rings is 1. The molecule has 1 aromatic carbocycles. The lowest BCUT2D eigenvalue weighted by atomic mass is 10.1. The van der Waals surface area contributed by atoms with Crippen LogP contribution in [0.5, 0.6) is 0 Å². The zero-order valence-corrected chi connectivity index (χ0v) is 14.2. The van der Waals surface area contributed by atoms with E-state index < -0.39 is 0 Å². The van der Waals surface area contributed by atoms with Gasteiger partial charge in [0.25, 0.3) is 0 Å². The summed E-state index contributed by atoms with van der Waals surface area (Å²) < 4.78 is 0. The van der Waals surface area contributed by atoms with Crippen LogP contribution >= 0.6 is 0 Å². The van der Waals surface area contributed by atoms with E-state index in [1.807, 2.05) is 6.20 Å². The quantitative estimate of drug-likeness (QED) is 0.938. The molecule has 4 rings (SSSR count). The van der Waals surface area contributed by atoms with Crippen molar-refractivity contribution in [3.63, 3.8) is 0 Å². The van der Waals surface area contributed by atoms with Crippen molar-refractivity contribution in [2.24, 2.45) is 0 Å². The van der Waals surface area contributed by atoms with Gasteiger partial charge in [0.05, 0.1) is 5.69 Å². The highest BCUT2D eigenvalue weighted by Crippen LogP contribution is 2.24. The Morgan fingerprint density at radius 1 is 0.875 bits per heavy atom. The first kappa shape index (κ1) is 15.6. The van der Waals surface area contributed by atoms with Gasteiger partial charge in [-0.25, -0.2) is 0 Å². The highest BCUT2D eigenvalue weighted by atomic mass is 15.2. The van der Waals surface area contributed by atoms with Crippen LogP contribution < -0.4 is 10.2 Å². The predicted octanol–water partition coefficient (Wildman–Crippen LogP) is 2.75. The molecule has 2 aliphatic heterocycles. The molecule has 0 atom stereocenters. The van der Waals surface area contributed by atoms with Gasteiger partial charge in [0.15, 0.2) is 0 Å². The first-order chi connectivity index (χ1) is 11.9. The van der Waals surface area contributed by atoms with E-state index in [0.717, 1.165) is 38.4 Å². The smallest absolute Gasteiger partial charge is 0.0702 e. The number of piperazine rings is 1. The fraction of sp³-hybridized carbons (Fsp3) is 0.450. The number of hydrogen-bond acceptors (Lipinski definition) is 4. The Morgan fingerprint density at radius 3 is 2.29 bits per heavy atom. The normalized spacial score (nSPS) is 18.9. The van der Waals surface area contributed by atoms with Crippen LogP contribution in [-0.2, 0) is 6.54 Å². The topological polar surface area (TPSA) is 31.4 Å². The standard InChI is InChI=1S/C20H26N4/c1-2-12-24(11-1)19-6-4-18(5-7-19)20-8-3-17(15-22-20)16-23-13-9-21-10-14-23/h3-8,15,21H,1-2,9-14,16H2. The van der Waals surface area contributed by atoms with Gasteiger partial charge >= 0.3 is 0 Å². The monoisotopic (exact) mass is 322 g/mol. The first-order valence-electron chi connectivity index (χ1n) is 9.12. The van der Waals surface area contributed by atoms with Gasteiger partial charge in [0.1, 0.15) is 0 Å². The summed E-state index contributed by atoms with van der Waals surface area (Å²) in [4.78, 5) is 9.64. The highest BCUT2D eigenvalue weighted by Gasteiger charge is 2.13. The second-order valence-electron chi connectivity index (χ2n) is 6.82. The van der Waals surface area contributed by atoms with E-state index in [0.29, 0.717) is 0 Å². The van der Waals surface area contributed by atoms with Gasteiger partial charge in [-0.2, -0.15) is 0 Å². The van der Waals surface area contributed by atoms with Gasteiger partial charge in [-0.3, -0.25) is 9.88 Å². The molecule has 0 unspecified atom stereocenters. The Kier molecular flexibility index (Phi) is 4.76. The molecule has 3 heterocycles. The second kappa shape index (κ2) is 7.32. The predicted molar refractivity (Wildman–Crippen MR) is 99.3 cm³/mol. The van der Waals surface area contributed by atoms with Crippen LogP contribution in [0.2, 0.25) is 0 Å².